The van der Waals surface area contributed by atoms with Gasteiger partial charge in [-0.2, -0.15) is 0 Å². The molecule has 0 aliphatic carbocycles. The number of hydrogen-bond donors (Lipinski definition) is 0. The number of hydrogen-bond acceptors (Lipinski definition) is 2. The molecule has 0 spiro atoms. The first-order valence-corrected chi connectivity index (χ1v) is 6.42. The summed E-state index contributed by atoms with van der Waals surface area (Å²) in [5.41, 5.74) is 1.73. The van der Waals surface area contributed by atoms with Gasteiger partial charge in [-0.15, -0.1) is 0 Å². The molecule has 94 valence electrons. The van der Waals surface area contributed by atoms with E-state index in [0.29, 0.717) is 12.2 Å². The van der Waals surface area contributed by atoms with Crippen LogP contribution >= 0.6 is 15.9 Å². The van der Waals surface area contributed by atoms with Crippen LogP contribution in [0, 0.1) is 0 Å². The van der Waals surface area contributed by atoms with E-state index in [1.54, 1.807) is 12.3 Å². The summed E-state index contributed by atoms with van der Waals surface area (Å²) in [5.74, 6) is 0.00518. The third-order valence-electron chi connectivity index (χ3n) is 2.54. The van der Waals surface area contributed by atoms with Gasteiger partial charge in [0.25, 0.3) is 0 Å². The molecule has 1 heterocycles. The molecule has 0 saturated heterocycles. The van der Waals surface area contributed by atoms with Crippen LogP contribution in [0.5, 0.6) is 0 Å². The first kappa shape index (κ1) is 13.1. The molecule has 0 N–H and O–H groups in total. The van der Waals surface area contributed by atoms with E-state index in [-0.39, 0.29) is 12.4 Å². The maximum Gasteiger partial charge on any atom is 0.189 e. The molecule has 1 aromatic carbocycles. The third kappa shape index (κ3) is 3.55. The van der Waals surface area contributed by atoms with Gasteiger partial charge in [0.1, 0.15) is 6.61 Å². The van der Waals surface area contributed by atoms with Crippen molar-refractivity contribution in [1.29, 1.82) is 0 Å². The van der Waals surface area contributed by atoms with Crippen molar-refractivity contribution in [3.05, 3.63) is 58.3 Å². The van der Waals surface area contributed by atoms with Gasteiger partial charge in [-0.1, -0.05) is 28.1 Å². The van der Waals surface area contributed by atoms with Crippen molar-refractivity contribution >= 4 is 21.7 Å². The Morgan fingerprint density at radius 1 is 1.39 bits per heavy atom. The average Bonchev–Trinajstić information content (AvgIpc) is 2.76. The Labute approximate surface area is 115 Å². The quantitative estimate of drug-likeness (QED) is 0.794. The summed E-state index contributed by atoms with van der Waals surface area (Å²) in [7, 11) is 1.89. The SMILES string of the molecule is Cn1ccc(C(=O)COCc2cccc(Br)c2)c1. The lowest BCUT2D eigenvalue weighted by Gasteiger charge is -2.03. The maximum atomic E-state index is 11.8. The van der Waals surface area contributed by atoms with Crippen LogP contribution in [0.3, 0.4) is 0 Å². The second-order valence-corrected chi connectivity index (χ2v) is 5.03. The van der Waals surface area contributed by atoms with Crippen molar-refractivity contribution < 1.29 is 9.53 Å². The highest BCUT2D eigenvalue weighted by molar-refractivity contribution is 9.10. The molecule has 0 amide bonds. The van der Waals surface area contributed by atoms with Crippen LogP contribution in [0.2, 0.25) is 0 Å². The molecule has 4 heteroatoms. The zero-order chi connectivity index (χ0) is 13.0. The highest BCUT2D eigenvalue weighted by Crippen LogP contribution is 2.12. The summed E-state index contributed by atoms with van der Waals surface area (Å²) in [4.78, 5) is 11.8. The molecule has 18 heavy (non-hydrogen) atoms. The molecular formula is C14H14BrNO2. The number of ketones is 1. The van der Waals surface area contributed by atoms with Crippen LogP contribution in [0.25, 0.3) is 0 Å². The Kier molecular flexibility index (Phi) is 4.33. The Balaban J connectivity index is 1.84. The second-order valence-electron chi connectivity index (χ2n) is 4.11. The van der Waals surface area contributed by atoms with Crippen LogP contribution in [0.15, 0.2) is 47.2 Å². The van der Waals surface area contributed by atoms with E-state index in [4.69, 9.17) is 4.74 Å². The predicted octanol–water partition coefficient (Wildman–Crippen LogP) is 3.19. The van der Waals surface area contributed by atoms with Crippen LogP contribution in [0.4, 0.5) is 0 Å². The number of nitrogens with zero attached hydrogens (tertiary/aromatic N) is 1. The standard InChI is InChI=1S/C14H14BrNO2/c1-16-6-5-12(8-16)14(17)10-18-9-11-3-2-4-13(15)7-11/h2-8H,9-10H2,1H3. The van der Waals surface area contributed by atoms with Crippen LogP contribution < -0.4 is 0 Å². The number of aromatic nitrogens is 1. The van der Waals surface area contributed by atoms with Crippen molar-refractivity contribution in [3.8, 4) is 0 Å². The fraction of sp³-hybridized carbons (Fsp3) is 0.214. The minimum absolute atomic E-state index is 0.00518. The largest absolute Gasteiger partial charge is 0.369 e. The number of rotatable bonds is 5. The molecule has 0 fully saturated rings. The van der Waals surface area contributed by atoms with Crippen molar-refractivity contribution in [2.45, 2.75) is 6.61 Å². The fourth-order valence-corrected chi connectivity index (χ4v) is 2.09. The molecule has 2 aromatic rings. The fourth-order valence-electron chi connectivity index (χ4n) is 1.64. The van der Waals surface area contributed by atoms with Crippen molar-refractivity contribution in [3.63, 3.8) is 0 Å². The summed E-state index contributed by atoms with van der Waals surface area (Å²) in [5, 5.41) is 0. The van der Waals surface area contributed by atoms with E-state index < -0.39 is 0 Å². The van der Waals surface area contributed by atoms with Gasteiger partial charge >= 0.3 is 0 Å². The van der Waals surface area contributed by atoms with Crippen LogP contribution in [-0.2, 0) is 18.4 Å². The minimum Gasteiger partial charge on any atom is -0.369 e. The Morgan fingerprint density at radius 2 is 2.22 bits per heavy atom. The number of halogens is 1. The highest BCUT2D eigenvalue weighted by atomic mass is 79.9. The monoisotopic (exact) mass is 307 g/mol. The van der Waals surface area contributed by atoms with Crippen LogP contribution in [0.1, 0.15) is 15.9 Å². The molecule has 0 saturated carbocycles. The van der Waals surface area contributed by atoms with Gasteiger partial charge in [0.05, 0.1) is 6.61 Å². The maximum absolute atomic E-state index is 11.8. The third-order valence-corrected chi connectivity index (χ3v) is 3.04. The van der Waals surface area contributed by atoms with Gasteiger partial charge in [-0.3, -0.25) is 4.79 Å². The van der Waals surface area contributed by atoms with Gasteiger partial charge in [-0.05, 0) is 23.8 Å². The zero-order valence-electron chi connectivity index (χ0n) is 10.1. The van der Waals surface area contributed by atoms with E-state index in [1.807, 2.05) is 42.1 Å². The first-order valence-electron chi connectivity index (χ1n) is 5.62. The minimum atomic E-state index is 0.00518. The molecule has 0 unspecified atom stereocenters. The average molecular weight is 308 g/mol. The van der Waals surface area contributed by atoms with Crippen LogP contribution in [-0.4, -0.2) is 17.0 Å². The molecular weight excluding hydrogens is 294 g/mol. The van der Waals surface area contributed by atoms with E-state index in [0.717, 1.165) is 10.0 Å². The summed E-state index contributed by atoms with van der Waals surface area (Å²) in [6.07, 6.45) is 3.65. The number of aryl methyl sites for hydroxylation is 1. The van der Waals surface area contributed by atoms with E-state index in [9.17, 15) is 4.79 Å². The Hall–Kier alpha value is -1.39. The zero-order valence-corrected chi connectivity index (χ0v) is 11.7. The van der Waals surface area contributed by atoms with Gasteiger partial charge in [0, 0.05) is 29.5 Å². The smallest absolute Gasteiger partial charge is 0.189 e. The molecule has 0 aliphatic heterocycles. The lowest BCUT2D eigenvalue weighted by atomic mass is 10.2. The molecule has 2 rings (SSSR count). The lowest BCUT2D eigenvalue weighted by Crippen LogP contribution is -2.08. The highest BCUT2D eigenvalue weighted by Gasteiger charge is 2.07. The molecule has 1 aromatic heterocycles. The summed E-state index contributed by atoms with van der Waals surface area (Å²) >= 11 is 3.40. The molecule has 3 nitrogen and oxygen atoms in total. The normalized spacial score (nSPS) is 10.6. The van der Waals surface area contributed by atoms with Gasteiger partial charge < -0.3 is 9.30 Å². The van der Waals surface area contributed by atoms with Gasteiger partial charge in [0.2, 0.25) is 0 Å². The van der Waals surface area contributed by atoms with Crippen molar-refractivity contribution in [2.24, 2.45) is 7.05 Å². The first-order chi connectivity index (χ1) is 8.65. The Bertz CT molecular complexity index is 548. The second kappa shape index (κ2) is 5.98. The number of ether oxygens (including phenoxy) is 1. The van der Waals surface area contributed by atoms with Crippen molar-refractivity contribution in [2.75, 3.05) is 6.61 Å². The van der Waals surface area contributed by atoms with E-state index in [2.05, 4.69) is 15.9 Å². The van der Waals surface area contributed by atoms with Gasteiger partial charge in [-0.25, -0.2) is 0 Å². The number of carbonyl (C=O) groups excluding carboxylic acids is 1. The number of carbonyl (C=O) groups is 1. The summed E-state index contributed by atoms with van der Waals surface area (Å²) in [6.45, 7) is 0.550. The molecule has 0 bridgehead atoms. The molecule has 0 radical (unpaired) electrons. The topological polar surface area (TPSA) is 31.2 Å². The summed E-state index contributed by atoms with van der Waals surface area (Å²) < 4.78 is 8.28. The lowest BCUT2D eigenvalue weighted by molar-refractivity contribution is 0.0726. The number of benzene rings is 1. The number of Topliss-reactive ketones (excluding diaryl/α,β-unsaturated/α-hetero) is 1. The summed E-state index contributed by atoms with van der Waals surface area (Å²) in [6, 6.07) is 9.65. The predicted molar refractivity (Wildman–Crippen MR) is 73.5 cm³/mol. The Morgan fingerprint density at radius 3 is 2.89 bits per heavy atom. The van der Waals surface area contributed by atoms with Crippen molar-refractivity contribution in [1.82, 2.24) is 4.57 Å². The van der Waals surface area contributed by atoms with Gasteiger partial charge in [0.15, 0.2) is 5.78 Å². The van der Waals surface area contributed by atoms with E-state index >= 15 is 0 Å². The molecule has 0 atom stereocenters. The molecule has 0 aliphatic rings. The van der Waals surface area contributed by atoms with E-state index in [1.165, 1.54) is 0 Å².